The molecule has 0 radical (unpaired) electrons. The molecular formula is C26H25N3O8. The van der Waals surface area contributed by atoms with E-state index in [1.54, 1.807) is 42.5 Å². The topological polar surface area (TPSA) is 139 Å². The Hall–Kier alpha value is -4.93. The van der Waals surface area contributed by atoms with Crippen LogP contribution < -0.4 is 24.4 Å². The summed E-state index contributed by atoms with van der Waals surface area (Å²) in [4.78, 5) is 34.9. The van der Waals surface area contributed by atoms with Crippen LogP contribution in [0.1, 0.15) is 29.8 Å². The van der Waals surface area contributed by atoms with Crippen molar-refractivity contribution < 1.29 is 33.5 Å². The van der Waals surface area contributed by atoms with Gasteiger partial charge in [0.1, 0.15) is 11.5 Å². The number of nitro groups is 1. The molecule has 1 atom stereocenters. The van der Waals surface area contributed by atoms with Crippen LogP contribution in [0.15, 0.2) is 71.8 Å². The van der Waals surface area contributed by atoms with Gasteiger partial charge in [0.15, 0.2) is 17.6 Å². The Morgan fingerprint density at radius 1 is 1.03 bits per heavy atom. The highest BCUT2D eigenvalue weighted by Crippen LogP contribution is 2.28. The van der Waals surface area contributed by atoms with E-state index in [2.05, 4.69) is 10.5 Å². The van der Waals surface area contributed by atoms with Crippen molar-refractivity contribution in [2.75, 3.05) is 13.7 Å². The predicted octanol–water partition coefficient (Wildman–Crippen LogP) is 4.14. The van der Waals surface area contributed by atoms with E-state index in [-0.39, 0.29) is 11.4 Å². The summed E-state index contributed by atoms with van der Waals surface area (Å²) in [5, 5.41) is 14.6. The maximum absolute atomic E-state index is 12.5. The first-order chi connectivity index (χ1) is 17.8. The molecule has 0 fully saturated rings. The molecule has 11 heteroatoms. The summed E-state index contributed by atoms with van der Waals surface area (Å²) in [6, 6.07) is 16.7. The lowest BCUT2D eigenvalue weighted by Gasteiger charge is -2.12. The summed E-state index contributed by atoms with van der Waals surface area (Å²) in [5.41, 5.74) is 3.20. The van der Waals surface area contributed by atoms with Gasteiger partial charge in [0, 0.05) is 12.1 Å². The number of non-ortho nitro benzene ring substituents is 1. The molecular weight excluding hydrogens is 482 g/mol. The molecule has 1 N–H and O–H groups in total. The Morgan fingerprint density at radius 3 is 2.32 bits per heavy atom. The molecule has 0 spiro atoms. The molecule has 1 amide bonds. The van der Waals surface area contributed by atoms with E-state index in [0.717, 1.165) is 0 Å². The van der Waals surface area contributed by atoms with Crippen molar-refractivity contribution in [2.24, 2.45) is 5.10 Å². The zero-order valence-corrected chi connectivity index (χ0v) is 20.4. The van der Waals surface area contributed by atoms with Gasteiger partial charge in [-0.1, -0.05) is 0 Å². The van der Waals surface area contributed by atoms with E-state index < -0.39 is 22.9 Å². The molecule has 37 heavy (non-hydrogen) atoms. The van der Waals surface area contributed by atoms with Crippen molar-refractivity contribution in [3.63, 3.8) is 0 Å². The van der Waals surface area contributed by atoms with Crippen LogP contribution in [0, 0.1) is 10.1 Å². The lowest BCUT2D eigenvalue weighted by molar-refractivity contribution is -0.384. The number of benzene rings is 3. The molecule has 3 aromatic carbocycles. The molecule has 11 nitrogen and oxygen atoms in total. The van der Waals surface area contributed by atoms with Gasteiger partial charge in [0.25, 0.3) is 11.6 Å². The van der Waals surface area contributed by atoms with Gasteiger partial charge < -0.3 is 18.9 Å². The highest BCUT2D eigenvalue weighted by atomic mass is 16.6. The first-order valence-corrected chi connectivity index (χ1v) is 11.2. The van der Waals surface area contributed by atoms with Crippen LogP contribution in [-0.4, -0.2) is 42.8 Å². The van der Waals surface area contributed by atoms with Crippen LogP contribution in [0.2, 0.25) is 0 Å². The monoisotopic (exact) mass is 507 g/mol. The fraction of sp³-hybridized carbons (Fsp3) is 0.192. The molecule has 0 aromatic heterocycles. The molecule has 0 saturated heterocycles. The average molecular weight is 507 g/mol. The number of hydrogen-bond donors (Lipinski definition) is 1. The molecule has 0 aliphatic heterocycles. The standard InChI is InChI=1S/C26H25N3O8/c1-4-35-21-10-6-19(7-11-21)26(31)37-23-14-5-18(15-24(23)34-3)16-27-28-25(30)17(2)36-22-12-8-20(9-13-22)29(32)33/h5-17H,4H2,1-3H3,(H,28,30)/b27-16-/t17-/m1/s1. The summed E-state index contributed by atoms with van der Waals surface area (Å²) < 4.78 is 21.6. The predicted molar refractivity (Wildman–Crippen MR) is 134 cm³/mol. The van der Waals surface area contributed by atoms with Crippen LogP contribution in [0.5, 0.6) is 23.0 Å². The Balaban J connectivity index is 1.57. The first-order valence-electron chi connectivity index (χ1n) is 11.2. The molecule has 0 unspecified atom stereocenters. The van der Waals surface area contributed by atoms with Crippen molar-refractivity contribution in [1.82, 2.24) is 5.43 Å². The van der Waals surface area contributed by atoms with Crippen molar-refractivity contribution in [2.45, 2.75) is 20.0 Å². The number of nitrogens with one attached hydrogen (secondary N) is 1. The Morgan fingerprint density at radius 2 is 1.70 bits per heavy atom. The zero-order valence-electron chi connectivity index (χ0n) is 20.4. The summed E-state index contributed by atoms with van der Waals surface area (Å²) in [5.74, 6) is 0.383. The van der Waals surface area contributed by atoms with Gasteiger partial charge in [0.05, 0.1) is 30.4 Å². The second-order valence-corrected chi connectivity index (χ2v) is 7.50. The highest BCUT2D eigenvalue weighted by molar-refractivity contribution is 5.92. The minimum absolute atomic E-state index is 0.0820. The molecule has 3 rings (SSSR count). The fourth-order valence-electron chi connectivity index (χ4n) is 3.03. The number of carbonyl (C=O) groups excluding carboxylic acids is 2. The van der Waals surface area contributed by atoms with Gasteiger partial charge in [-0.2, -0.15) is 5.10 Å². The van der Waals surface area contributed by atoms with E-state index in [4.69, 9.17) is 18.9 Å². The van der Waals surface area contributed by atoms with Gasteiger partial charge >= 0.3 is 5.97 Å². The Bertz CT molecular complexity index is 1270. The number of carbonyl (C=O) groups is 2. The van der Waals surface area contributed by atoms with Crippen molar-refractivity contribution in [3.05, 3.63) is 88.0 Å². The van der Waals surface area contributed by atoms with Crippen LogP contribution in [0.25, 0.3) is 0 Å². The maximum Gasteiger partial charge on any atom is 0.343 e. The van der Waals surface area contributed by atoms with Crippen molar-refractivity contribution in [1.29, 1.82) is 0 Å². The molecule has 192 valence electrons. The van der Waals surface area contributed by atoms with E-state index in [1.807, 2.05) is 6.92 Å². The summed E-state index contributed by atoms with van der Waals surface area (Å²) >= 11 is 0. The summed E-state index contributed by atoms with van der Waals surface area (Å²) in [6.45, 7) is 3.91. The summed E-state index contributed by atoms with van der Waals surface area (Å²) in [6.07, 6.45) is 0.481. The fourth-order valence-corrected chi connectivity index (χ4v) is 3.03. The van der Waals surface area contributed by atoms with E-state index in [9.17, 15) is 19.7 Å². The lowest BCUT2D eigenvalue weighted by atomic mass is 10.2. The van der Waals surface area contributed by atoms with Gasteiger partial charge in [-0.15, -0.1) is 0 Å². The number of nitrogens with zero attached hydrogens (tertiary/aromatic N) is 2. The smallest absolute Gasteiger partial charge is 0.343 e. The summed E-state index contributed by atoms with van der Waals surface area (Å²) in [7, 11) is 1.43. The van der Waals surface area contributed by atoms with Crippen LogP contribution in [0.3, 0.4) is 0 Å². The lowest BCUT2D eigenvalue weighted by Crippen LogP contribution is -2.33. The first kappa shape index (κ1) is 26.7. The molecule has 0 aliphatic carbocycles. The number of esters is 1. The van der Waals surface area contributed by atoms with Gasteiger partial charge in [-0.25, -0.2) is 10.2 Å². The number of ether oxygens (including phenoxy) is 4. The average Bonchev–Trinajstić information content (AvgIpc) is 2.90. The van der Waals surface area contributed by atoms with E-state index in [1.165, 1.54) is 44.5 Å². The second-order valence-electron chi connectivity index (χ2n) is 7.50. The Kier molecular flexibility index (Phi) is 9.14. The number of hydrogen-bond acceptors (Lipinski definition) is 9. The number of methoxy groups -OCH3 is 1. The third kappa shape index (κ3) is 7.52. The maximum atomic E-state index is 12.5. The van der Waals surface area contributed by atoms with Gasteiger partial charge in [-0.05, 0) is 74.0 Å². The number of nitro benzene ring substituents is 1. The quantitative estimate of drug-likeness (QED) is 0.134. The van der Waals surface area contributed by atoms with Gasteiger partial charge in [-0.3, -0.25) is 14.9 Å². The molecule has 0 saturated carbocycles. The normalized spacial score (nSPS) is 11.4. The molecule has 0 bridgehead atoms. The molecule has 3 aromatic rings. The minimum Gasteiger partial charge on any atom is -0.494 e. The highest BCUT2D eigenvalue weighted by Gasteiger charge is 2.16. The van der Waals surface area contributed by atoms with Crippen molar-refractivity contribution >= 4 is 23.8 Å². The van der Waals surface area contributed by atoms with E-state index >= 15 is 0 Å². The number of hydrazone groups is 1. The Labute approximate surface area is 212 Å². The SMILES string of the molecule is CCOc1ccc(C(=O)Oc2ccc(/C=N\NC(=O)[C@@H](C)Oc3ccc([N+](=O)[O-])cc3)cc2OC)cc1. The largest absolute Gasteiger partial charge is 0.494 e. The third-order valence-electron chi connectivity index (χ3n) is 4.91. The zero-order chi connectivity index (χ0) is 26.8. The molecule has 0 aliphatic rings. The number of rotatable bonds is 11. The van der Waals surface area contributed by atoms with Crippen LogP contribution >= 0.6 is 0 Å². The van der Waals surface area contributed by atoms with Crippen LogP contribution in [-0.2, 0) is 4.79 Å². The van der Waals surface area contributed by atoms with Gasteiger partial charge in [0.2, 0.25) is 0 Å². The number of amides is 1. The van der Waals surface area contributed by atoms with Crippen molar-refractivity contribution in [3.8, 4) is 23.0 Å². The minimum atomic E-state index is -0.905. The molecule has 0 heterocycles. The van der Waals surface area contributed by atoms with E-state index in [0.29, 0.717) is 35.0 Å². The second kappa shape index (κ2) is 12.7. The van der Waals surface area contributed by atoms with Crippen LogP contribution in [0.4, 0.5) is 5.69 Å². The third-order valence-corrected chi connectivity index (χ3v) is 4.91.